The van der Waals surface area contributed by atoms with Crippen LogP contribution < -0.4 is 5.56 Å². The number of pyridine rings is 2. The summed E-state index contributed by atoms with van der Waals surface area (Å²) in [5, 5.41) is 10.8. The molecule has 2 aromatic heterocycles. The molecule has 0 bridgehead atoms. The molecule has 0 saturated carbocycles. The van der Waals surface area contributed by atoms with Gasteiger partial charge in [-0.05, 0) is 42.9 Å². The van der Waals surface area contributed by atoms with Gasteiger partial charge in [0.25, 0.3) is 5.56 Å². The van der Waals surface area contributed by atoms with E-state index in [9.17, 15) is 14.7 Å². The summed E-state index contributed by atoms with van der Waals surface area (Å²) >= 11 is 0. The molecule has 2 aromatic rings. The largest absolute Gasteiger partial charge is 0.506 e. The fourth-order valence-corrected chi connectivity index (χ4v) is 2.96. The van der Waals surface area contributed by atoms with Crippen LogP contribution in [0.4, 0.5) is 0 Å². The minimum absolute atomic E-state index is 0.334. The number of hydrogen-bond acceptors (Lipinski definition) is 5. The van der Waals surface area contributed by atoms with Gasteiger partial charge in [0, 0.05) is 13.2 Å². The lowest BCUT2D eigenvalue weighted by Gasteiger charge is -2.15. The highest BCUT2D eigenvalue weighted by Gasteiger charge is 2.23. The molecule has 0 spiro atoms. The molecule has 0 fully saturated rings. The zero-order valence-corrected chi connectivity index (χ0v) is 13.1. The highest BCUT2D eigenvalue weighted by Crippen LogP contribution is 2.31. The summed E-state index contributed by atoms with van der Waals surface area (Å²) in [7, 11) is 2.69. The highest BCUT2D eigenvalue weighted by atomic mass is 16.5. The molecule has 1 N–H and O–H groups in total. The molecule has 6 nitrogen and oxygen atoms in total. The van der Waals surface area contributed by atoms with Gasteiger partial charge in [0.05, 0.1) is 12.5 Å². The summed E-state index contributed by atoms with van der Waals surface area (Å²) in [6.45, 7) is 0. The molecule has 6 heteroatoms. The van der Waals surface area contributed by atoms with Gasteiger partial charge in [0.1, 0.15) is 11.4 Å². The number of ether oxygens (including phenoxy) is 1. The second-order valence-electron chi connectivity index (χ2n) is 5.65. The van der Waals surface area contributed by atoms with Crippen LogP contribution in [0.1, 0.15) is 41.6 Å². The average Bonchev–Trinajstić information content (AvgIpc) is 2.60. The van der Waals surface area contributed by atoms with E-state index >= 15 is 0 Å². The summed E-state index contributed by atoms with van der Waals surface area (Å²) < 4.78 is 5.85. The van der Waals surface area contributed by atoms with E-state index in [0.29, 0.717) is 11.0 Å². The molecule has 0 atom stereocenters. The second-order valence-corrected chi connectivity index (χ2v) is 5.65. The second kappa shape index (κ2) is 5.87. The highest BCUT2D eigenvalue weighted by molar-refractivity contribution is 5.99. The van der Waals surface area contributed by atoms with Crippen molar-refractivity contribution >= 4 is 22.6 Å². The van der Waals surface area contributed by atoms with Crippen LogP contribution in [0.15, 0.2) is 23.1 Å². The van der Waals surface area contributed by atoms with Crippen molar-refractivity contribution in [1.82, 2.24) is 9.55 Å². The van der Waals surface area contributed by atoms with Crippen molar-refractivity contribution in [2.24, 2.45) is 7.05 Å². The van der Waals surface area contributed by atoms with Gasteiger partial charge < -0.3 is 9.84 Å². The van der Waals surface area contributed by atoms with Crippen molar-refractivity contribution in [3.63, 3.8) is 0 Å². The normalized spacial score (nSPS) is 14.6. The number of aromatic nitrogens is 2. The number of hydrogen-bond donors (Lipinski definition) is 1. The molecule has 0 saturated heterocycles. The van der Waals surface area contributed by atoms with Gasteiger partial charge in [0.15, 0.2) is 5.56 Å². The van der Waals surface area contributed by atoms with E-state index in [1.54, 1.807) is 12.3 Å². The fraction of sp³-hybridized carbons (Fsp3) is 0.353. The molecule has 0 radical (unpaired) electrons. The number of allylic oxidation sites excluding steroid dienone is 2. The number of methoxy groups -OCH3 is 1. The van der Waals surface area contributed by atoms with E-state index in [4.69, 9.17) is 0 Å². The molecule has 0 unspecified atom stereocenters. The Bertz CT molecular complexity index is 880. The first-order valence-corrected chi connectivity index (χ1v) is 7.54. The Kier molecular flexibility index (Phi) is 3.90. The maximum absolute atomic E-state index is 12.2. The van der Waals surface area contributed by atoms with Gasteiger partial charge in [-0.1, -0.05) is 6.08 Å². The Morgan fingerprint density at radius 1 is 1.39 bits per heavy atom. The maximum atomic E-state index is 12.2. The summed E-state index contributed by atoms with van der Waals surface area (Å²) in [6, 6.07) is 1.78. The van der Waals surface area contributed by atoms with Gasteiger partial charge in [0.2, 0.25) is 0 Å². The van der Waals surface area contributed by atoms with Crippen LogP contribution >= 0.6 is 0 Å². The smallest absolute Gasteiger partial charge is 0.347 e. The third-order valence-corrected chi connectivity index (χ3v) is 4.25. The van der Waals surface area contributed by atoms with Crippen LogP contribution in [-0.4, -0.2) is 27.7 Å². The average molecular weight is 314 g/mol. The molecule has 2 heterocycles. The predicted molar refractivity (Wildman–Crippen MR) is 86.4 cm³/mol. The van der Waals surface area contributed by atoms with Crippen molar-refractivity contribution in [2.45, 2.75) is 25.7 Å². The van der Waals surface area contributed by atoms with Crippen molar-refractivity contribution in [2.75, 3.05) is 7.11 Å². The van der Waals surface area contributed by atoms with Gasteiger partial charge in [-0.25, -0.2) is 9.78 Å². The zero-order valence-electron chi connectivity index (χ0n) is 13.1. The molecular weight excluding hydrogens is 296 g/mol. The van der Waals surface area contributed by atoms with E-state index in [1.165, 1.54) is 30.7 Å². The molecule has 3 rings (SSSR count). The lowest BCUT2D eigenvalue weighted by molar-refractivity contribution is 0.0595. The van der Waals surface area contributed by atoms with Crippen LogP contribution in [0.3, 0.4) is 0 Å². The molecule has 0 aliphatic heterocycles. The minimum atomic E-state index is -0.854. The number of fused-ring (bicyclic) bond motifs is 1. The number of aromatic hydroxyl groups is 1. The number of carbonyl (C=O) groups is 1. The van der Waals surface area contributed by atoms with E-state index in [2.05, 4.69) is 15.8 Å². The maximum Gasteiger partial charge on any atom is 0.347 e. The minimum Gasteiger partial charge on any atom is -0.506 e. The van der Waals surface area contributed by atoms with Gasteiger partial charge in [-0.15, -0.1) is 0 Å². The number of esters is 1. The van der Waals surface area contributed by atoms with Crippen LogP contribution in [0, 0.1) is 0 Å². The number of carbonyl (C=O) groups excluding carboxylic acids is 1. The van der Waals surface area contributed by atoms with Gasteiger partial charge in [-0.2, -0.15) is 0 Å². The Morgan fingerprint density at radius 3 is 2.83 bits per heavy atom. The van der Waals surface area contributed by atoms with Crippen molar-refractivity contribution < 1.29 is 14.6 Å². The van der Waals surface area contributed by atoms with E-state index in [1.807, 2.05) is 0 Å². The number of nitrogens with zero attached hydrogens (tertiary/aromatic N) is 2. The van der Waals surface area contributed by atoms with Gasteiger partial charge >= 0.3 is 5.97 Å². The first kappa shape index (κ1) is 15.3. The lowest BCUT2D eigenvalue weighted by Crippen LogP contribution is -2.26. The number of rotatable bonds is 2. The SMILES string of the molecule is COC(=O)c1c(O)c2cc(C3=CCCCC3)cnc2n(C)c1=O. The molecule has 120 valence electrons. The lowest BCUT2D eigenvalue weighted by atomic mass is 9.94. The zero-order chi connectivity index (χ0) is 16.6. The van der Waals surface area contributed by atoms with Crippen molar-refractivity contribution in [3.05, 3.63) is 39.8 Å². The van der Waals surface area contributed by atoms with Crippen LogP contribution in [0.25, 0.3) is 16.6 Å². The number of aryl methyl sites for hydroxylation is 1. The Balaban J connectivity index is 2.27. The summed E-state index contributed by atoms with van der Waals surface area (Å²) in [6.07, 6.45) is 8.17. The molecule has 0 amide bonds. The third kappa shape index (κ3) is 2.50. The van der Waals surface area contributed by atoms with Gasteiger partial charge in [-0.3, -0.25) is 9.36 Å². The van der Waals surface area contributed by atoms with Crippen LogP contribution in [0.5, 0.6) is 5.75 Å². The first-order valence-electron chi connectivity index (χ1n) is 7.54. The van der Waals surface area contributed by atoms with E-state index in [0.717, 1.165) is 24.8 Å². The first-order chi connectivity index (χ1) is 11.0. The van der Waals surface area contributed by atoms with E-state index < -0.39 is 11.5 Å². The Morgan fingerprint density at radius 2 is 2.17 bits per heavy atom. The summed E-state index contributed by atoms with van der Waals surface area (Å²) in [5.74, 6) is -1.23. The molecule has 1 aliphatic rings. The molecule has 23 heavy (non-hydrogen) atoms. The summed E-state index contributed by atoms with van der Waals surface area (Å²) in [4.78, 5) is 28.4. The molecule has 1 aliphatic carbocycles. The molecular formula is C17H18N2O4. The Hall–Kier alpha value is -2.63. The predicted octanol–water partition coefficient (Wildman–Crippen LogP) is 2.38. The Labute approximate surface area is 133 Å². The van der Waals surface area contributed by atoms with E-state index in [-0.39, 0.29) is 11.3 Å². The standard InChI is InChI=1S/C17H18N2O4/c1-19-15-12(14(20)13(16(19)21)17(22)23-2)8-11(9-18-15)10-6-4-3-5-7-10/h6,8-9,20H,3-5,7H2,1-2H3. The molecule has 0 aromatic carbocycles. The monoisotopic (exact) mass is 314 g/mol. The van der Waals surface area contributed by atoms with Crippen LogP contribution in [0.2, 0.25) is 0 Å². The van der Waals surface area contributed by atoms with Crippen molar-refractivity contribution in [3.8, 4) is 5.75 Å². The fourth-order valence-electron chi connectivity index (χ4n) is 2.96. The summed E-state index contributed by atoms with van der Waals surface area (Å²) in [5.41, 5.74) is 1.43. The quantitative estimate of drug-likeness (QED) is 0.861. The van der Waals surface area contributed by atoms with Crippen LogP contribution in [-0.2, 0) is 11.8 Å². The third-order valence-electron chi connectivity index (χ3n) is 4.25. The topological polar surface area (TPSA) is 81.4 Å². The van der Waals surface area contributed by atoms with Crippen molar-refractivity contribution in [1.29, 1.82) is 0 Å².